The van der Waals surface area contributed by atoms with Crippen molar-refractivity contribution in [2.24, 2.45) is 0 Å². The Hall–Kier alpha value is -3.30. The second-order valence-electron chi connectivity index (χ2n) is 9.35. The Labute approximate surface area is 223 Å². The van der Waals surface area contributed by atoms with Crippen molar-refractivity contribution in [2.75, 3.05) is 23.0 Å². The third-order valence-electron chi connectivity index (χ3n) is 6.36. The van der Waals surface area contributed by atoms with Crippen LogP contribution in [0.2, 0.25) is 0 Å². The van der Waals surface area contributed by atoms with Crippen LogP contribution >= 0.6 is 12.6 Å². The second-order valence-corrected chi connectivity index (χ2v) is 9.81. The van der Waals surface area contributed by atoms with Crippen molar-refractivity contribution in [1.29, 1.82) is 5.26 Å². The number of nitrogens with zero attached hydrogens (tertiary/aromatic N) is 3. The summed E-state index contributed by atoms with van der Waals surface area (Å²) in [6.45, 7) is 3.51. The van der Waals surface area contributed by atoms with Gasteiger partial charge in [0.1, 0.15) is 11.4 Å². The van der Waals surface area contributed by atoms with Crippen molar-refractivity contribution >= 4 is 35.8 Å². The molecule has 2 amide bonds. The van der Waals surface area contributed by atoms with Crippen molar-refractivity contribution in [3.8, 4) is 6.07 Å². The van der Waals surface area contributed by atoms with Crippen molar-refractivity contribution < 1.29 is 32.3 Å². The molecule has 0 radical (unpaired) electrons. The monoisotopic (exact) mass is 552 g/mol. The van der Waals surface area contributed by atoms with Crippen LogP contribution < -0.4 is 15.1 Å². The Morgan fingerprint density at radius 1 is 1.13 bits per heavy atom. The van der Waals surface area contributed by atoms with E-state index in [9.17, 15) is 27.2 Å². The molecule has 2 N–H and O–H groups in total. The van der Waals surface area contributed by atoms with E-state index in [0.29, 0.717) is 19.4 Å². The number of alkyl halides is 3. The number of unbranched alkanes of at least 4 members (excludes halogenated alkanes) is 3. The molecule has 1 saturated heterocycles. The van der Waals surface area contributed by atoms with E-state index >= 15 is 0 Å². The maximum Gasteiger partial charge on any atom is 0.417 e. The Morgan fingerprint density at radius 3 is 2.39 bits per heavy atom. The molecule has 12 heteroatoms. The molecule has 1 aliphatic rings. The van der Waals surface area contributed by atoms with Gasteiger partial charge in [-0.15, -0.1) is 12.6 Å². The van der Waals surface area contributed by atoms with Gasteiger partial charge in [-0.25, -0.2) is 4.39 Å². The molecular formula is C26H28F4N4O3S. The van der Waals surface area contributed by atoms with Gasteiger partial charge in [0.05, 0.1) is 22.8 Å². The average molecular weight is 553 g/mol. The van der Waals surface area contributed by atoms with E-state index in [2.05, 4.69) is 17.9 Å². The van der Waals surface area contributed by atoms with Crippen LogP contribution in [0.1, 0.15) is 61.0 Å². The van der Waals surface area contributed by atoms with Gasteiger partial charge in [-0.2, -0.15) is 18.4 Å². The summed E-state index contributed by atoms with van der Waals surface area (Å²) in [6.07, 6.45) is -1.83. The third-order valence-corrected chi connectivity index (χ3v) is 6.82. The van der Waals surface area contributed by atoms with Crippen LogP contribution in [0, 0.1) is 17.1 Å². The largest absolute Gasteiger partial charge is 0.417 e. The van der Waals surface area contributed by atoms with Gasteiger partial charge < -0.3 is 15.3 Å². The molecular weight excluding hydrogens is 524 g/mol. The molecule has 7 nitrogen and oxygen atoms in total. The molecule has 0 aromatic heterocycles. The first-order valence-electron chi connectivity index (χ1n) is 12.0. The zero-order valence-corrected chi connectivity index (χ0v) is 21.7. The minimum Gasteiger partial charge on any atom is -0.396 e. The molecule has 38 heavy (non-hydrogen) atoms. The number of carbonyl (C=O) groups is 2. The molecule has 0 saturated carbocycles. The minimum absolute atomic E-state index is 0.107. The summed E-state index contributed by atoms with van der Waals surface area (Å²) in [7, 11) is 0. The van der Waals surface area contributed by atoms with E-state index in [-0.39, 0.29) is 23.5 Å². The Morgan fingerprint density at radius 2 is 1.79 bits per heavy atom. The Kier molecular flexibility index (Phi) is 8.94. The van der Waals surface area contributed by atoms with Crippen LogP contribution in [0.15, 0.2) is 36.4 Å². The minimum atomic E-state index is -4.82. The second kappa shape index (κ2) is 11.6. The molecule has 0 spiro atoms. The highest BCUT2D eigenvalue weighted by atomic mass is 32.1. The Bertz CT molecular complexity index is 1250. The smallest absolute Gasteiger partial charge is 0.396 e. The summed E-state index contributed by atoms with van der Waals surface area (Å²) in [5, 5.41) is 20.5. The number of halogens is 4. The fourth-order valence-corrected chi connectivity index (χ4v) is 5.01. The van der Waals surface area contributed by atoms with Crippen molar-refractivity contribution in [1.82, 2.24) is 5.32 Å². The quantitative estimate of drug-likeness (QED) is 0.235. The van der Waals surface area contributed by atoms with Gasteiger partial charge in [0.2, 0.25) is 0 Å². The van der Waals surface area contributed by atoms with E-state index in [1.165, 1.54) is 43.0 Å². The van der Waals surface area contributed by atoms with E-state index in [4.69, 9.17) is 10.4 Å². The lowest BCUT2D eigenvalue weighted by atomic mass is 10.0. The number of anilines is 2. The van der Waals surface area contributed by atoms with Crippen molar-refractivity contribution in [3.63, 3.8) is 0 Å². The number of benzene rings is 2. The zero-order chi connectivity index (χ0) is 28.3. The molecule has 1 unspecified atom stereocenters. The molecule has 2 aromatic carbocycles. The molecule has 1 atom stereocenters. The number of hydrogen-bond acceptors (Lipinski definition) is 6. The van der Waals surface area contributed by atoms with Crippen molar-refractivity contribution in [3.05, 3.63) is 58.9 Å². The summed E-state index contributed by atoms with van der Waals surface area (Å²) in [5.41, 5.74) is -4.31. The molecule has 0 bridgehead atoms. The number of nitrogens with one attached hydrogen (secondary N) is 1. The normalized spacial score (nSPS) is 17.0. The number of aliphatic hydroxyl groups excluding tert-OH is 1. The number of nitriles is 1. The predicted molar refractivity (Wildman–Crippen MR) is 137 cm³/mol. The molecule has 2 aromatic rings. The fourth-order valence-electron chi connectivity index (χ4n) is 4.35. The average Bonchev–Trinajstić information content (AvgIpc) is 3.03. The maximum atomic E-state index is 15.0. The van der Waals surface area contributed by atoms with Gasteiger partial charge in [0.15, 0.2) is 5.50 Å². The number of carbonyl (C=O) groups excluding carboxylic acids is 2. The molecule has 1 aliphatic heterocycles. The van der Waals surface area contributed by atoms with Crippen LogP contribution in [0.3, 0.4) is 0 Å². The van der Waals surface area contributed by atoms with Crippen LogP contribution in [0.5, 0.6) is 0 Å². The molecule has 204 valence electrons. The summed E-state index contributed by atoms with van der Waals surface area (Å²) in [4.78, 5) is 28.3. The molecule has 1 heterocycles. The lowest BCUT2D eigenvalue weighted by molar-refractivity contribution is -0.137. The standard InChI is InChI=1S/C26H28F4N4O3S/c1-25(2)23(37)33(17-8-7-16(15-31)20(13-17)26(28,29)30)24(38)34(25)18-9-10-19(21(27)14-18)22(36)32-11-5-3-4-6-12-35/h7-10,13-14,24,35,38H,3-6,11-12H2,1-2H3,(H,32,36). The van der Waals surface area contributed by atoms with Crippen LogP contribution in [-0.4, -0.2) is 41.1 Å². The zero-order valence-electron chi connectivity index (χ0n) is 20.8. The summed E-state index contributed by atoms with van der Waals surface area (Å²) in [6, 6.07) is 8.24. The van der Waals surface area contributed by atoms with Gasteiger partial charge in [-0.1, -0.05) is 12.8 Å². The van der Waals surface area contributed by atoms with E-state index in [1.807, 2.05) is 0 Å². The first-order valence-corrected chi connectivity index (χ1v) is 12.5. The SMILES string of the molecule is CC1(C)C(=O)N(c2ccc(C#N)c(C(F)(F)F)c2)C(S)N1c1ccc(C(=O)NCCCCCCO)c(F)c1. The first kappa shape index (κ1) is 29.3. The molecule has 1 fully saturated rings. The number of hydrogen-bond donors (Lipinski definition) is 3. The molecule has 0 aliphatic carbocycles. The summed E-state index contributed by atoms with van der Waals surface area (Å²) in [5.74, 6) is -2.02. The highest BCUT2D eigenvalue weighted by molar-refractivity contribution is 7.81. The van der Waals surface area contributed by atoms with E-state index in [0.717, 1.165) is 35.9 Å². The van der Waals surface area contributed by atoms with Crippen molar-refractivity contribution in [2.45, 2.75) is 56.7 Å². The number of amides is 2. The topological polar surface area (TPSA) is 96.7 Å². The van der Waals surface area contributed by atoms with Gasteiger partial charge in [-0.3, -0.25) is 14.5 Å². The number of rotatable bonds is 9. The van der Waals surface area contributed by atoms with Gasteiger partial charge >= 0.3 is 6.18 Å². The van der Waals surface area contributed by atoms with E-state index in [1.54, 1.807) is 0 Å². The van der Waals surface area contributed by atoms with Crippen LogP contribution in [0.25, 0.3) is 0 Å². The highest BCUT2D eigenvalue weighted by Gasteiger charge is 2.51. The third kappa shape index (κ3) is 5.89. The molecule has 3 rings (SSSR count). The first-order chi connectivity index (χ1) is 17.8. The Balaban J connectivity index is 1.85. The fraction of sp³-hybridized carbons (Fsp3) is 0.423. The summed E-state index contributed by atoms with van der Waals surface area (Å²) >= 11 is 4.48. The van der Waals surface area contributed by atoms with Crippen LogP contribution in [-0.2, 0) is 11.0 Å². The number of thiol groups is 1. The van der Waals surface area contributed by atoms with Gasteiger partial charge in [0, 0.05) is 24.5 Å². The number of aliphatic hydroxyl groups is 1. The highest BCUT2D eigenvalue weighted by Crippen LogP contribution is 2.42. The lowest BCUT2D eigenvalue weighted by Gasteiger charge is -2.33. The van der Waals surface area contributed by atoms with Gasteiger partial charge in [-0.05, 0) is 63.1 Å². The summed E-state index contributed by atoms with van der Waals surface area (Å²) < 4.78 is 55.6. The maximum absolute atomic E-state index is 15.0. The van der Waals surface area contributed by atoms with Gasteiger partial charge in [0.25, 0.3) is 11.8 Å². The lowest BCUT2D eigenvalue weighted by Crippen LogP contribution is -2.45. The van der Waals surface area contributed by atoms with Crippen LogP contribution in [0.4, 0.5) is 28.9 Å². The predicted octanol–water partition coefficient (Wildman–Crippen LogP) is 4.84. The van der Waals surface area contributed by atoms with E-state index < -0.39 is 46.0 Å².